The Hall–Kier alpha value is -1.68. The molecule has 0 aromatic heterocycles. The molecule has 0 radical (unpaired) electrons. The summed E-state index contributed by atoms with van der Waals surface area (Å²) < 4.78 is 4.85. The maximum absolute atomic E-state index is 11.9. The van der Waals surface area contributed by atoms with E-state index in [1.54, 1.807) is 0 Å². The SMILES string of the molecule is CCCCCCCCCCCC(=O)OC(=O)[C@@H](N)Cc1ccccc1. The van der Waals surface area contributed by atoms with E-state index in [1.165, 1.54) is 38.5 Å². The largest absolute Gasteiger partial charge is 0.392 e. The third kappa shape index (κ3) is 10.7. The lowest BCUT2D eigenvalue weighted by molar-refractivity contribution is -0.160. The van der Waals surface area contributed by atoms with Gasteiger partial charge >= 0.3 is 11.9 Å². The Morgan fingerprint density at radius 1 is 0.920 bits per heavy atom. The molecule has 2 N–H and O–H groups in total. The zero-order valence-electron chi connectivity index (χ0n) is 15.5. The summed E-state index contributed by atoms with van der Waals surface area (Å²) in [7, 11) is 0. The van der Waals surface area contributed by atoms with Gasteiger partial charge in [0, 0.05) is 6.42 Å². The van der Waals surface area contributed by atoms with Crippen LogP contribution in [0.1, 0.15) is 76.7 Å². The Kier molecular flexibility index (Phi) is 11.6. The van der Waals surface area contributed by atoms with E-state index in [0.717, 1.165) is 24.8 Å². The van der Waals surface area contributed by atoms with Gasteiger partial charge in [-0.3, -0.25) is 4.79 Å². The number of carbonyl (C=O) groups excluding carboxylic acids is 2. The molecule has 1 atom stereocenters. The van der Waals surface area contributed by atoms with Gasteiger partial charge in [0.25, 0.3) is 0 Å². The van der Waals surface area contributed by atoms with Crippen LogP contribution in [0, 0.1) is 0 Å². The van der Waals surface area contributed by atoms with Crippen LogP contribution in [0.3, 0.4) is 0 Å². The van der Waals surface area contributed by atoms with Crippen molar-refractivity contribution in [2.75, 3.05) is 0 Å². The zero-order chi connectivity index (χ0) is 18.3. The Morgan fingerprint density at radius 2 is 1.48 bits per heavy atom. The van der Waals surface area contributed by atoms with Gasteiger partial charge in [-0.1, -0.05) is 88.6 Å². The molecular weight excluding hydrogens is 314 g/mol. The van der Waals surface area contributed by atoms with Crippen LogP contribution >= 0.6 is 0 Å². The summed E-state index contributed by atoms with van der Waals surface area (Å²) in [4.78, 5) is 23.6. The van der Waals surface area contributed by atoms with Gasteiger partial charge in [-0.2, -0.15) is 0 Å². The second-order valence-electron chi connectivity index (χ2n) is 6.67. The first-order chi connectivity index (χ1) is 12.1. The van der Waals surface area contributed by atoms with E-state index in [-0.39, 0.29) is 0 Å². The minimum Gasteiger partial charge on any atom is -0.392 e. The molecule has 4 nitrogen and oxygen atoms in total. The molecule has 0 saturated heterocycles. The number of carbonyl (C=O) groups is 2. The third-order valence-electron chi connectivity index (χ3n) is 4.30. The molecule has 0 unspecified atom stereocenters. The second-order valence-corrected chi connectivity index (χ2v) is 6.67. The first-order valence-corrected chi connectivity index (χ1v) is 9.67. The van der Waals surface area contributed by atoms with E-state index in [2.05, 4.69) is 6.92 Å². The average molecular weight is 347 g/mol. The minimum absolute atomic E-state index is 0.291. The van der Waals surface area contributed by atoms with Crippen molar-refractivity contribution in [2.45, 2.75) is 83.6 Å². The van der Waals surface area contributed by atoms with Gasteiger partial charge in [-0.15, -0.1) is 0 Å². The molecule has 1 aromatic rings. The molecule has 4 heteroatoms. The smallest absolute Gasteiger partial charge is 0.330 e. The third-order valence-corrected chi connectivity index (χ3v) is 4.30. The Morgan fingerprint density at radius 3 is 2.08 bits per heavy atom. The second kappa shape index (κ2) is 13.6. The molecule has 0 amide bonds. The minimum atomic E-state index is -0.797. The highest BCUT2D eigenvalue weighted by Gasteiger charge is 2.18. The predicted octanol–water partition coefficient (Wildman–Crippen LogP) is 4.55. The number of hydrogen-bond acceptors (Lipinski definition) is 4. The summed E-state index contributed by atoms with van der Waals surface area (Å²) in [5, 5.41) is 0. The number of hydrogen-bond donors (Lipinski definition) is 1. The summed E-state index contributed by atoms with van der Waals surface area (Å²) in [6.07, 6.45) is 11.3. The quantitative estimate of drug-likeness (QED) is 0.323. The van der Waals surface area contributed by atoms with Gasteiger partial charge in [0.05, 0.1) is 0 Å². The predicted molar refractivity (Wildman–Crippen MR) is 101 cm³/mol. The number of benzene rings is 1. The molecule has 0 spiro atoms. The lowest BCUT2D eigenvalue weighted by Crippen LogP contribution is -2.35. The topological polar surface area (TPSA) is 69.4 Å². The van der Waals surface area contributed by atoms with Gasteiger partial charge in [0.2, 0.25) is 0 Å². The molecule has 140 valence electrons. The van der Waals surface area contributed by atoms with E-state index in [1.807, 2.05) is 30.3 Å². The molecule has 0 fully saturated rings. The van der Waals surface area contributed by atoms with E-state index >= 15 is 0 Å². The Balaban J connectivity index is 2.06. The van der Waals surface area contributed by atoms with Crippen LogP contribution in [0.2, 0.25) is 0 Å². The number of unbranched alkanes of at least 4 members (excludes halogenated alkanes) is 8. The van der Waals surface area contributed by atoms with Crippen LogP contribution in [0.4, 0.5) is 0 Å². The van der Waals surface area contributed by atoms with Crippen molar-refractivity contribution in [3.05, 3.63) is 35.9 Å². The molecule has 0 heterocycles. The van der Waals surface area contributed by atoms with Crippen molar-refractivity contribution in [3.63, 3.8) is 0 Å². The summed E-state index contributed by atoms with van der Waals surface area (Å²) >= 11 is 0. The Bertz CT molecular complexity index is 487. The first-order valence-electron chi connectivity index (χ1n) is 9.67. The monoisotopic (exact) mass is 347 g/mol. The van der Waals surface area contributed by atoms with Crippen molar-refractivity contribution in [2.24, 2.45) is 5.73 Å². The van der Waals surface area contributed by atoms with Crippen molar-refractivity contribution in [1.29, 1.82) is 0 Å². The van der Waals surface area contributed by atoms with Gasteiger partial charge < -0.3 is 10.5 Å². The molecule has 0 aliphatic rings. The average Bonchev–Trinajstić information content (AvgIpc) is 2.61. The summed E-state index contributed by atoms with van der Waals surface area (Å²) in [6, 6.07) is 8.69. The van der Waals surface area contributed by atoms with Crippen LogP contribution in [-0.4, -0.2) is 18.0 Å². The van der Waals surface area contributed by atoms with E-state index < -0.39 is 18.0 Å². The fourth-order valence-electron chi connectivity index (χ4n) is 2.77. The van der Waals surface area contributed by atoms with Crippen LogP contribution < -0.4 is 5.73 Å². The van der Waals surface area contributed by atoms with Crippen molar-refractivity contribution < 1.29 is 14.3 Å². The number of nitrogens with two attached hydrogens (primary N) is 1. The maximum atomic E-state index is 11.9. The number of rotatable bonds is 13. The van der Waals surface area contributed by atoms with Crippen molar-refractivity contribution in [1.82, 2.24) is 0 Å². The fourth-order valence-corrected chi connectivity index (χ4v) is 2.77. The van der Waals surface area contributed by atoms with Gasteiger partial charge in [0.15, 0.2) is 0 Å². The summed E-state index contributed by atoms with van der Waals surface area (Å²) in [6.45, 7) is 2.22. The normalized spacial score (nSPS) is 11.9. The molecule has 1 rings (SSSR count). The molecule has 0 aliphatic heterocycles. The molecule has 1 aromatic carbocycles. The highest BCUT2D eigenvalue weighted by molar-refractivity contribution is 5.88. The van der Waals surface area contributed by atoms with Gasteiger partial charge in [-0.25, -0.2) is 4.79 Å². The zero-order valence-corrected chi connectivity index (χ0v) is 15.5. The number of ether oxygens (including phenoxy) is 1. The van der Waals surface area contributed by atoms with Gasteiger partial charge in [-0.05, 0) is 18.4 Å². The van der Waals surface area contributed by atoms with Crippen LogP contribution in [0.5, 0.6) is 0 Å². The standard InChI is InChI=1S/C21H33NO3/c1-2-3-4-5-6-7-8-9-13-16-20(23)25-21(24)19(22)17-18-14-11-10-12-15-18/h10-12,14-15,19H,2-9,13,16-17,22H2,1H3/t19-/m0/s1. The molecular formula is C21H33NO3. The fraction of sp³-hybridized carbons (Fsp3) is 0.619. The van der Waals surface area contributed by atoms with Crippen LogP contribution in [0.25, 0.3) is 0 Å². The van der Waals surface area contributed by atoms with E-state index in [4.69, 9.17) is 10.5 Å². The maximum Gasteiger partial charge on any atom is 0.330 e. The molecule has 25 heavy (non-hydrogen) atoms. The molecule has 0 aliphatic carbocycles. The van der Waals surface area contributed by atoms with Crippen LogP contribution in [0.15, 0.2) is 30.3 Å². The van der Waals surface area contributed by atoms with E-state index in [9.17, 15) is 9.59 Å². The first kappa shape index (κ1) is 21.4. The van der Waals surface area contributed by atoms with Gasteiger partial charge in [0.1, 0.15) is 6.04 Å². The lowest BCUT2D eigenvalue weighted by Gasteiger charge is -2.10. The highest BCUT2D eigenvalue weighted by atomic mass is 16.6. The van der Waals surface area contributed by atoms with Crippen molar-refractivity contribution in [3.8, 4) is 0 Å². The number of esters is 2. The van der Waals surface area contributed by atoms with Crippen molar-refractivity contribution >= 4 is 11.9 Å². The Labute approximate surface area is 152 Å². The molecule has 0 bridgehead atoms. The van der Waals surface area contributed by atoms with E-state index in [0.29, 0.717) is 12.8 Å². The lowest BCUT2D eigenvalue weighted by atomic mass is 10.1. The molecule has 0 saturated carbocycles. The summed E-state index contributed by atoms with van der Waals surface area (Å²) in [5.74, 6) is -1.10. The summed E-state index contributed by atoms with van der Waals surface area (Å²) in [5.41, 5.74) is 6.77. The highest BCUT2D eigenvalue weighted by Crippen LogP contribution is 2.11. The van der Waals surface area contributed by atoms with Crippen LogP contribution in [-0.2, 0) is 20.7 Å².